The Kier molecular flexibility index (Phi) is 5.77. The summed E-state index contributed by atoms with van der Waals surface area (Å²) in [7, 11) is 0. The Morgan fingerprint density at radius 1 is 1.12 bits per heavy atom. The van der Waals surface area contributed by atoms with Crippen molar-refractivity contribution in [3.63, 3.8) is 0 Å². The fourth-order valence-electron chi connectivity index (χ4n) is 2.31. The molecular weight excluding hydrogens is 364 g/mol. The average molecular weight is 379 g/mol. The summed E-state index contributed by atoms with van der Waals surface area (Å²) in [4.78, 5) is 15.8. The number of aromatic nitrogens is 1. The first-order valence-electron chi connectivity index (χ1n) is 7.67. The van der Waals surface area contributed by atoms with Gasteiger partial charge in [0.15, 0.2) is 5.78 Å². The van der Waals surface area contributed by atoms with Gasteiger partial charge in [-0.3, -0.25) is 9.78 Å². The second kappa shape index (κ2) is 7.51. The largest absolute Gasteiger partial charge is 0.493 e. The van der Waals surface area contributed by atoms with Crippen LogP contribution in [0.1, 0.15) is 31.0 Å². The van der Waals surface area contributed by atoms with Gasteiger partial charge in [-0.05, 0) is 30.2 Å². The minimum absolute atomic E-state index is 0.0620. The summed E-state index contributed by atoms with van der Waals surface area (Å²) in [6, 6.07) is 1.99. The predicted molar refractivity (Wildman–Crippen MR) is 80.7 cm³/mol. The van der Waals surface area contributed by atoms with Crippen molar-refractivity contribution in [2.75, 3.05) is 6.61 Å². The summed E-state index contributed by atoms with van der Waals surface area (Å²) in [5, 5.41) is 0. The van der Waals surface area contributed by atoms with Crippen molar-refractivity contribution in [1.82, 2.24) is 4.98 Å². The second-order valence-electron chi connectivity index (χ2n) is 5.77. The Morgan fingerprint density at radius 2 is 1.81 bits per heavy atom. The van der Waals surface area contributed by atoms with E-state index in [1.54, 1.807) is 6.92 Å². The molecular formula is C17H15F6NO2. The molecule has 1 aromatic rings. The number of rotatable bonds is 5. The number of ketones is 1. The molecule has 0 aliphatic heterocycles. The van der Waals surface area contributed by atoms with Crippen LogP contribution in [-0.2, 0) is 15.7 Å². The van der Waals surface area contributed by atoms with Crippen LogP contribution in [0.4, 0.5) is 26.3 Å². The van der Waals surface area contributed by atoms with Crippen molar-refractivity contribution < 1.29 is 35.9 Å². The lowest BCUT2D eigenvalue weighted by molar-refractivity contribution is -0.138. The Bertz CT molecular complexity index is 716. The number of carbonyl (C=O) groups is 1. The molecule has 9 heteroatoms. The molecule has 0 fully saturated rings. The molecule has 0 amide bonds. The minimum Gasteiger partial charge on any atom is -0.493 e. The van der Waals surface area contributed by atoms with Crippen molar-refractivity contribution in [3.05, 3.63) is 47.5 Å². The van der Waals surface area contributed by atoms with Gasteiger partial charge < -0.3 is 4.74 Å². The normalized spacial score (nSPS) is 18.4. The van der Waals surface area contributed by atoms with Crippen LogP contribution in [0, 0.1) is 5.92 Å². The van der Waals surface area contributed by atoms with Crippen LogP contribution < -0.4 is 0 Å². The van der Waals surface area contributed by atoms with Crippen LogP contribution in [0.15, 0.2) is 36.2 Å². The highest BCUT2D eigenvalue weighted by atomic mass is 19.4. The zero-order chi connectivity index (χ0) is 19.5. The molecule has 1 atom stereocenters. The molecule has 0 saturated carbocycles. The topological polar surface area (TPSA) is 39.2 Å². The maximum atomic E-state index is 12.6. The van der Waals surface area contributed by atoms with Crippen LogP contribution in [-0.4, -0.2) is 23.6 Å². The van der Waals surface area contributed by atoms with Gasteiger partial charge in [-0.15, -0.1) is 0 Å². The number of nitrogens with zero attached hydrogens (tertiary/aromatic N) is 1. The summed E-state index contributed by atoms with van der Waals surface area (Å²) < 4.78 is 79.3. The van der Waals surface area contributed by atoms with Gasteiger partial charge in [0.2, 0.25) is 0 Å². The lowest BCUT2D eigenvalue weighted by Crippen LogP contribution is -2.17. The average Bonchev–Trinajstić information content (AvgIpc) is 2.53. The Labute approximate surface area is 145 Å². The van der Waals surface area contributed by atoms with Gasteiger partial charge in [0.05, 0.1) is 17.9 Å². The monoisotopic (exact) mass is 379 g/mol. The van der Waals surface area contributed by atoms with Crippen molar-refractivity contribution >= 4 is 11.4 Å². The van der Waals surface area contributed by atoms with E-state index in [2.05, 4.69) is 4.98 Å². The Balaban J connectivity index is 2.12. The van der Waals surface area contributed by atoms with Crippen molar-refractivity contribution in [3.8, 4) is 0 Å². The predicted octanol–water partition coefficient (Wildman–Crippen LogP) is 4.95. The summed E-state index contributed by atoms with van der Waals surface area (Å²) in [5.74, 6) is -0.955. The lowest BCUT2D eigenvalue weighted by Gasteiger charge is -2.20. The van der Waals surface area contributed by atoms with Crippen LogP contribution in [0.2, 0.25) is 0 Å². The van der Waals surface area contributed by atoms with E-state index in [9.17, 15) is 31.1 Å². The van der Waals surface area contributed by atoms with Crippen LogP contribution >= 0.6 is 0 Å². The number of halogens is 6. The number of ether oxygens (including phenoxy) is 1. The van der Waals surface area contributed by atoms with Gasteiger partial charge in [-0.2, -0.15) is 26.3 Å². The highest BCUT2D eigenvalue weighted by Gasteiger charge is 2.31. The lowest BCUT2D eigenvalue weighted by atomic mass is 9.89. The molecule has 0 saturated heterocycles. The molecule has 0 spiro atoms. The third kappa shape index (κ3) is 5.34. The first-order chi connectivity index (χ1) is 12.0. The molecule has 1 heterocycles. The number of allylic oxidation sites excluding steroid dienone is 3. The maximum Gasteiger partial charge on any atom is 0.417 e. The van der Waals surface area contributed by atoms with Crippen molar-refractivity contribution in [2.24, 2.45) is 5.92 Å². The maximum absolute atomic E-state index is 12.6. The quantitative estimate of drug-likeness (QED) is 0.537. The van der Waals surface area contributed by atoms with Gasteiger partial charge in [0, 0.05) is 24.6 Å². The summed E-state index contributed by atoms with van der Waals surface area (Å²) in [5.41, 5.74) is -0.406. The van der Waals surface area contributed by atoms with E-state index in [1.165, 1.54) is 6.08 Å². The van der Waals surface area contributed by atoms with Gasteiger partial charge in [0.25, 0.3) is 0 Å². The summed E-state index contributed by atoms with van der Waals surface area (Å²) in [6.45, 7) is 1.32. The van der Waals surface area contributed by atoms with E-state index in [1.807, 2.05) is 0 Å². The standard InChI is InChI=1S/C17H15F6NO2/c1-10-13(14-4-3-11(9-24-14)17(21,22)23)7-12(8-15(10)25)26-6-2-5-16(18,19)20/h3-4,7-10H,2,5-6H2,1H3. The van der Waals surface area contributed by atoms with Gasteiger partial charge >= 0.3 is 12.4 Å². The number of carbonyl (C=O) groups excluding carboxylic acids is 1. The molecule has 0 bridgehead atoms. The third-order valence-corrected chi connectivity index (χ3v) is 3.74. The van der Waals surface area contributed by atoms with Crippen LogP contribution in [0.3, 0.4) is 0 Å². The zero-order valence-corrected chi connectivity index (χ0v) is 13.6. The Morgan fingerprint density at radius 3 is 2.35 bits per heavy atom. The molecule has 142 valence electrons. The highest BCUT2D eigenvalue weighted by Crippen LogP contribution is 2.32. The first kappa shape index (κ1) is 20.0. The van der Waals surface area contributed by atoms with Crippen LogP contribution in [0.5, 0.6) is 0 Å². The van der Waals surface area contributed by atoms with E-state index < -0.39 is 30.3 Å². The molecule has 0 aromatic carbocycles. The van der Waals surface area contributed by atoms with Crippen molar-refractivity contribution in [2.45, 2.75) is 32.1 Å². The molecule has 1 aromatic heterocycles. The summed E-state index contributed by atoms with van der Waals surface area (Å²) in [6.07, 6.45) is -6.87. The SMILES string of the molecule is CC1C(=O)C=C(OCCCC(F)(F)F)C=C1c1ccc(C(F)(F)F)cn1. The molecule has 26 heavy (non-hydrogen) atoms. The first-order valence-corrected chi connectivity index (χ1v) is 7.67. The number of alkyl halides is 6. The molecule has 0 radical (unpaired) electrons. The zero-order valence-electron chi connectivity index (χ0n) is 13.6. The van der Waals surface area contributed by atoms with Gasteiger partial charge in [-0.25, -0.2) is 0 Å². The number of hydrogen-bond acceptors (Lipinski definition) is 3. The smallest absolute Gasteiger partial charge is 0.417 e. The van der Waals surface area contributed by atoms with E-state index >= 15 is 0 Å². The molecule has 1 aliphatic rings. The fraction of sp³-hybridized carbons (Fsp3) is 0.412. The highest BCUT2D eigenvalue weighted by molar-refractivity contribution is 6.02. The molecule has 3 nitrogen and oxygen atoms in total. The third-order valence-electron chi connectivity index (χ3n) is 3.74. The van der Waals surface area contributed by atoms with Crippen molar-refractivity contribution in [1.29, 1.82) is 0 Å². The summed E-state index contributed by atoms with van der Waals surface area (Å²) >= 11 is 0. The molecule has 1 unspecified atom stereocenters. The fourth-order valence-corrected chi connectivity index (χ4v) is 2.31. The molecule has 0 N–H and O–H groups in total. The number of hydrogen-bond donors (Lipinski definition) is 0. The van der Waals surface area contributed by atoms with Gasteiger partial charge in [0.1, 0.15) is 5.76 Å². The van der Waals surface area contributed by atoms with E-state index in [-0.39, 0.29) is 30.3 Å². The molecule has 2 rings (SSSR count). The number of pyridine rings is 1. The molecule has 1 aliphatic carbocycles. The minimum atomic E-state index is -4.53. The van der Waals surface area contributed by atoms with E-state index in [0.29, 0.717) is 11.8 Å². The van der Waals surface area contributed by atoms with E-state index in [0.717, 1.165) is 18.2 Å². The Hall–Kier alpha value is -2.32. The van der Waals surface area contributed by atoms with Gasteiger partial charge in [-0.1, -0.05) is 6.92 Å². The van der Waals surface area contributed by atoms with E-state index in [4.69, 9.17) is 4.74 Å². The van der Waals surface area contributed by atoms with Crippen LogP contribution in [0.25, 0.3) is 5.57 Å². The second-order valence-corrected chi connectivity index (χ2v) is 5.77.